The van der Waals surface area contributed by atoms with Crippen molar-refractivity contribution in [2.45, 2.75) is 24.7 Å². The highest BCUT2D eigenvalue weighted by Gasteiger charge is 2.46. The third kappa shape index (κ3) is 7.20. The van der Waals surface area contributed by atoms with E-state index < -0.39 is 5.41 Å². The quantitative estimate of drug-likeness (QED) is 0.136. The van der Waals surface area contributed by atoms with Crippen LogP contribution in [0.3, 0.4) is 0 Å². The van der Waals surface area contributed by atoms with E-state index in [0.29, 0.717) is 0 Å². The Morgan fingerprint density at radius 2 is 0.987 bits per heavy atom. The minimum atomic E-state index is -0.633. The molecule has 15 rings (SSSR count). The van der Waals surface area contributed by atoms with Crippen LogP contribution in [0.25, 0.3) is 77.7 Å². The fourth-order valence-electron chi connectivity index (χ4n) is 13.4. The Labute approximate surface area is 461 Å². The van der Waals surface area contributed by atoms with Crippen LogP contribution in [0.15, 0.2) is 280 Å². The second-order valence-corrected chi connectivity index (χ2v) is 21.7. The molecule has 0 bridgehead atoms. The molecular weight excluding hydrogens is 957 g/mol. The fraction of sp³-hybridized carbons (Fsp3) is 0.0526. The molecule has 0 amide bonds. The summed E-state index contributed by atoms with van der Waals surface area (Å²) in [6.07, 6.45) is 1.85. The number of aromatic nitrogens is 1. The molecule has 12 aromatic carbocycles. The molecule has 0 radical (unpaired) electrons. The summed E-state index contributed by atoms with van der Waals surface area (Å²) in [4.78, 5) is 2.45. The molecule has 3 nitrogen and oxygen atoms in total. The normalized spacial score (nSPS) is 14.7. The summed E-state index contributed by atoms with van der Waals surface area (Å²) in [6, 6.07) is 100. The van der Waals surface area contributed by atoms with Crippen molar-refractivity contribution in [2.24, 2.45) is 0 Å². The summed E-state index contributed by atoms with van der Waals surface area (Å²) in [5, 5.41) is 4.85. The number of fused-ring (bicyclic) bond motifs is 10. The van der Waals surface area contributed by atoms with Crippen LogP contribution in [0, 0.1) is 0 Å². The van der Waals surface area contributed by atoms with E-state index in [4.69, 9.17) is 4.74 Å². The van der Waals surface area contributed by atoms with E-state index in [-0.39, 0.29) is 5.41 Å². The topological polar surface area (TPSA) is 17.4 Å². The molecule has 1 aromatic heterocycles. The van der Waals surface area contributed by atoms with E-state index in [2.05, 4.69) is 279 Å². The molecule has 1 heterocycles. The van der Waals surface area contributed by atoms with Crippen molar-refractivity contribution in [3.05, 3.63) is 319 Å². The number of hydrogen-bond donors (Lipinski definition) is 0. The molecule has 0 N–H and O–H groups in total. The maximum absolute atomic E-state index is 6.43. The van der Waals surface area contributed by atoms with E-state index in [0.717, 1.165) is 39.7 Å². The highest BCUT2D eigenvalue weighted by Crippen LogP contribution is 2.58. The maximum Gasteiger partial charge on any atom is 0.127 e. The molecule has 0 spiro atoms. The average Bonchev–Trinajstić information content (AvgIpc) is 4.28. The van der Waals surface area contributed by atoms with Crippen LogP contribution in [-0.4, -0.2) is 4.57 Å². The standard InChI is InChI=1S/C76H54N2O/c1-4-50-29-40-59(41-30-50)79-60-42-34-55(35-43-60)76(54-19-6-5-7-20-54)69-26-14-11-23-63(69)65-45-38-57(49-71(65)76)77(72-28-16-18-52-17-8-9-21-61(52)72)56-36-31-51(32-37-56)53-33-46-74-67(47-53)66-24-12-15-27-73(66)78(74)58-39-44-64-62-22-10-13-25-68(62)75(2,3)70(64)48-58/h4-49H,1H2,2-3H3. The van der Waals surface area contributed by atoms with Crippen molar-refractivity contribution < 1.29 is 4.74 Å². The van der Waals surface area contributed by atoms with Gasteiger partial charge in [-0.15, -0.1) is 0 Å². The first-order valence-electron chi connectivity index (χ1n) is 27.3. The van der Waals surface area contributed by atoms with Gasteiger partial charge in [0, 0.05) is 38.6 Å². The number of rotatable bonds is 10. The molecular formula is C76H54N2O. The lowest BCUT2D eigenvalue weighted by Crippen LogP contribution is -2.28. The van der Waals surface area contributed by atoms with Crippen molar-refractivity contribution in [3.8, 4) is 50.6 Å². The van der Waals surface area contributed by atoms with Crippen LogP contribution in [0.5, 0.6) is 11.5 Å². The highest BCUT2D eigenvalue weighted by atomic mass is 16.5. The van der Waals surface area contributed by atoms with Gasteiger partial charge in [-0.25, -0.2) is 0 Å². The highest BCUT2D eigenvalue weighted by molar-refractivity contribution is 6.11. The van der Waals surface area contributed by atoms with Crippen LogP contribution in [0.1, 0.15) is 52.8 Å². The molecule has 3 heteroatoms. The Hall–Kier alpha value is -9.96. The Morgan fingerprint density at radius 1 is 0.405 bits per heavy atom. The fourth-order valence-corrected chi connectivity index (χ4v) is 13.4. The second-order valence-electron chi connectivity index (χ2n) is 21.7. The molecule has 2 aliphatic rings. The molecule has 79 heavy (non-hydrogen) atoms. The first-order valence-corrected chi connectivity index (χ1v) is 27.3. The predicted octanol–water partition coefficient (Wildman–Crippen LogP) is 20.2. The van der Waals surface area contributed by atoms with Crippen LogP contribution in [0.4, 0.5) is 17.1 Å². The third-order valence-corrected chi connectivity index (χ3v) is 17.1. The zero-order valence-corrected chi connectivity index (χ0v) is 44.1. The number of para-hydroxylation sites is 1. The molecule has 2 aliphatic carbocycles. The molecule has 0 saturated heterocycles. The molecule has 1 atom stereocenters. The van der Waals surface area contributed by atoms with E-state index in [1.807, 2.05) is 30.3 Å². The first kappa shape index (κ1) is 46.4. The minimum absolute atomic E-state index is 0.0914. The van der Waals surface area contributed by atoms with Gasteiger partial charge in [-0.1, -0.05) is 215 Å². The lowest BCUT2D eigenvalue weighted by molar-refractivity contribution is 0.482. The van der Waals surface area contributed by atoms with Gasteiger partial charge in [0.25, 0.3) is 0 Å². The van der Waals surface area contributed by atoms with Gasteiger partial charge in [-0.2, -0.15) is 0 Å². The number of anilines is 3. The maximum atomic E-state index is 6.43. The Morgan fingerprint density at radius 3 is 1.77 bits per heavy atom. The zero-order chi connectivity index (χ0) is 52.8. The van der Waals surface area contributed by atoms with Crippen molar-refractivity contribution >= 4 is 55.7 Å². The van der Waals surface area contributed by atoms with E-state index >= 15 is 0 Å². The molecule has 13 aromatic rings. The van der Waals surface area contributed by atoms with E-state index in [9.17, 15) is 0 Å². The van der Waals surface area contributed by atoms with Gasteiger partial charge < -0.3 is 14.2 Å². The molecule has 374 valence electrons. The van der Waals surface area contributed by atoms with Crippen LogP contribution in [0.2, 0.25) is 0 Å². The van der Waals surface area contributed by atoms with Gasteiger partial charge in [0.15, 0.2) is 0 Å². The molecule has 0 fully saturated rings. The average molecular weight is 1010 g/mol. The number of nitrogens with zero attached hydrogens (tertiary/aromatic N) is 2. The summed E-state index contributed by atoms with van der Waals surface area (Å²) in [5.41, 5.74) is 22.3. The van der Waals surface area contributed by atoms with Crippen LogP contribution in [-0.2, 0) is 10.8 Å². The number of benzene rings is 12. The van der Waals surface area contributed by atoms with Gasteiger partial charge in [0.2, 0.25) is 0 Å². The van der Waals surface area contributed by atoms with Crippen LogP contribution < -0.4 is 9.64 Å². The Kier molecular flexibility index (Phi) is 10.6. The SMILES string of the molecule is C=Cc1ccc(Oc2ccc(C3(c4ccccc4)c4ccccc4-c4ccc(N(c5ccc(-c6ccc7c(c6)c6ccccc6n7-c6ccc7c(c6)C(C)(C)c6ccccc6-7)cc5)c5cccc6ccccc56)cc43)cc2)cc1. The summed E-state index contributed by atoms with van der Waals surface area (Å²) >= 11 is 0. The van der Waals surface area contributed by atoms with E-state index in [1.54, 1.807) is 0 Å². The van der Waals surface area contributed by atoms with Crippen molar-refractivity contribution in [1.82, 2.24) is 4.57 Å². The monoisotopic (exact) mass is 1010 g/mol. The van der Waals surface area contributed by atoms with Gasteiger partial charge >= 0.3 is 0 Å². The Balaban J connectivity index is 0.852. The first-order chi connectivity index (χ1) is 38.9. The van der Waals surface area contributed by atoms with E-state index in [1.165, 1.54) is 99.5 Å². The molecule has 0 saturated carbocycles. The van der Waals surface area contributed by atoms with Crippen molar-refractivity contribution in [3.63, 3.8) is 0 Å². The second kappa shape index (κ2) is 18.1. The Bertz CT molecular complexity index is 4540. The lowest BCUT2D eigenvalue weighted by Gasteiger charge is -2.35. The van der Waals surface area contributed by atoms with Crippen molar-refractivity contribution in [1.29, 1.82) is 0 Å². The predicted molar refractivity (Wildman–Crippen MR) is 330 cm³/mol. The van der Waals surface area contributed by atoms with Crippen molar-refractivity contribution in [2.75, 3.05) is 4.90 Å². The number of ether oxygens (including phenoxy) is 1. The zero-order valence-electron chi connectivity index (χ0n) is 44.1. The third-order valence-electron chi connectivity index (χ3n) is 17.1. The van der Waals surface area contributed by atoms with Gasteiger partial charge in [0.05, 0.1) is 22.1 Å². The van der Waals surface area contributed by atoms with Crippen LogP contribution >= 0.6 is 0 Å². The van der Waals surface area contributed by atoms with Gasteiger partial charge in [-0.3, -0.25) is 0 Å². The summed E-state index contributed by atoms with van der Waals surface area (Å²) in [6.45, 7) is 8.63. The molecule has 0 aliphatic heterocycles. The largest absolute Gasteiger partial charge is 0.457 e. The minimum Gasteiger partial charge on any atom is -0.457 e. The summed E-state index contributed by atoms with van der Waals surface area (Å²) in [7, 11) is 0. The number of hydrogen-bond acceptors (Lipinski definition) is 2. The summed E-state index contributed by atoms with van der Waals surface area (Å²) < 4.78 is 8.88. The van der Waals surface area contributed by atoms with Gasteiger partial charge in [0.1, 0.15) is 11.5 Å². The molecule has 1 unspecified atom stereocenters. The smallest absolute Gasteiger partial charge is 0.127 e. The lowest BCUT2D eigenvalue weighted by atomic mass is 9.67. The summed E-state index contributed by atoms with van der Waals surface area (Å²) in [5.74, 6) is 1.56. The van der Waals surface area contributed by atoms with Gasteiger partial charge in [-0.05, 0) is 163 Å².